The van der Waals surface area contributed by atoms with Crippen molar-refractivity contribution in [2.24, 2.45) is 5.73 Å². The first-order chi connectivity index (χ1) is 9.15. The van der Waals surface area contributed by atoms with Gasteiger partial charge in [0.25, 0.3) is 5.91 Å². The van der Waals surface area contributed by atoms with E-state index in [2.05, 4.69) is 0 Å². The fraction of sp³-hybridized carbons (Fsp3) is 0.500. The molecule has 5 heteroatoms. The van der Waals surface area contributed by atoms with Crippen molar-refractivity contribution in [1.29, 1.82) is 0 Å². The van der Waals surface area contributed by atoms with Gasteiger partial charge in [0.15, 0.2) is 0 Å². The van der Waals surface area contributed by atoms with Crippen LogP contribution in [0.3, 0.4) is 0 Å². The van der Waals surface area contributed by atoms with Crippen molar-refractivity contribution >= 4 is 11.6 Å². The van der Waals surface area contributed by atoms with Gasteiger partial charge in [-0.25, -0.2) is 0 Å². The monoisotopic (exact) mass is 262 g/mol. The molecule has 0 bridgehead atoms. The fourth-order valence-corrected chi connectivity index (χ4v) is 2.79. The molecule has 0 radical (unpaired) electrons. The number of ether oxygens (including phenoxy) is 1. The van der Waals surface area contributed by atoms with Gasteiger partial charge in [-0.3, -0.25) is 10.0 Å². The van der Waals surface area contributed by atoms with Crippen molar-refractivity contribution < 1.29 is 14.7 Å². The molecule has 3 rings (SSSR count). The largest absolute Gasteiger partial charge is 0.490 e. The van der Waals surface area contributed by atoms with Gasteiger partial charge in [0, 0.05) is 6.07 Å². The summed E-state index contributed by atoms with van der Waals surface area (Å²) < 4.78 is 5.87. The number of carbonyl (C=O) groups excluding carboxylic acids is 1. The van der Waals surface area contributed by atoms with Gasteiger partial charge in [0.05, 0.1) is 17.8 Å². The number of hydrogen-bond acceptors (Lipinski definition) is 4. The number of fused-ring (bicyclic) bond motifs is 1. The van der Waals surface area contributed by atoms with E-state index >= 15 is 0 Å². The van der Waals surface area contributed by atoms with Gasteiger partial charge in [0.2, 0.25) is 0 Å². The predicted molar refractivity (Wildman–Crippen MR) is 70.3 cm³/mol. The number of anilines is 1. The highest BCUT2D eigenvalue weighted by atomic mass is 16.5. The zero-order chi connectivity index (χ0) is 13.4. The lowest BCUT2D eigenvalue weighted by Crippen LogP contribution is -2.47. The van der Waals surface area contributed by atoms with E-state index in [1.165, 1.54) is 12.8 Å². The van der Waals surface area contributed by atoms with Crippen molar-refractivity contribution in [3.8, 4) is 5.75 Å². The van der Waals surface area contributed by atoms with Gasteiger partial charge in [-0.15, -0.1) is 0 Å². The minimum atomic E-state index is -0.667. The van der Waals surface area contributed by atoms with Crippen molar-refractivity contribution in [3.63, 3.8) is 0 Å². The summed E-state index contributed by atoms with van der Waals surface area (Å²) in [6.45, 7) is 0. The third kappa shape index (κ3) is 2.31. The molecule has 1 atom stereocenters. The minimum Gasteiger partial charge on any atom is -0.490 e. The number of nitrogens with zero attached hydrogens (tertiary/aromatic N) is 1. The molecule has 5 nitrogen and oxygen atoms in total. The van der Waals surface area contributed by atoms with Gasteiger partial charge in [-0.2, -0.15) is 5.06 Å². The van der Waals surface area contributed by atoms with E-state index in [9.17, 15) is 10.0 Å². The quantitative estimate of drug-likeness (QED) is 0.794. The number of nitrogens with two attached hydrogens (primary N) is 1. The third-order valence-electron chi connectivity index (χ3n) is 3.86. The van der Waals surface area contributed by atoms with Crippen molar-refractivity contribution in [2.45, 2.75) is 44.2 Å². The Morgan fingerprint density at radius 2 is 2.05 bits per heavy atom. The molecule has 1 fully saturated rings. The van der Waals surface area contributed by atoms with E-state index in [-0.39, 0.29) is 6.10 Å². The van der Waals surface area contributed by atoms with Crippen LogP contribution in [0.4, 0.5) is 5.69 Å². The maximum absolute atomic E-state index is 11.7. The maximum atomic E-state index is 11.7. The molecule has 1 aromatic carbocycles. The van der Waals surface area contributed by atoms with Crippen LogP contribution in [0, 0.1) is 0 Å². The highest BCUT2D eigenvalue weighted by Crippen LogP contribution is 2.32. The minimum absolute atomic E-state index is 0.256. The molecule has 1 saturated carbocycles. The summed E-state index contributed by atoms with van der Waals surface area (Å²) >= 11 is 0. The molecule has 0 aromatic heterocycles. The molecule has 1 aromatic rings. The standard InChI is InChI=1S/C14H18N2O3/c15-12-7-9-5-6-11(19-10-3-1-2-4-10)8-13(9)16(18)14(12)17/h5-6,8,10,12,18H,1-4,7,15H2/t12-/m0/s1. The topological polar surface area (TPSA) is 75.8 Å². The molecule has 1 heterocycles. The SMILES string of the molecule is N[C@H]1Cc2ccc(OC3CCCC3)cc2N(O)C1=O. The van der Waals surface area contributed by atoms with Crippen LogP contribution >= 0.6 is 0 Å². The summed E-state index contributed by atoms with van der Waals surface area (Å²) in [4.78, 5) is 11.7. The summed E-state index contributed by atoms with van der Waals surface area (Å²) in [5.41, 5.74) is 7.03. The van der Waals surface area contributed by atoms with E-state index in [0.717, 1.165) is 18.4 Å². The van der Waals surface area contributed by atoms with Crippen molar-refractivity contribution in [2.75, 3.05) is 5.06 Å². The molecule has 3 N–H and O–H groups in total. The van der Waals surface area contributed by atoms with E-state index in [1.54, 1.807) is 6.07 Å². The summed E-state index contributed by atoms with van der Waals surface area (Å²) in [6.07, 6.45) is 5.26. The van der Waals surface area contributed by atoms with Crippen LogP contribution in [0.2, 0.25) is 0 Å². The maximum Gasteiger partial charge on any atom is 0.267 e. The average Bonchev–Trinajstić information content (AvgIpc) is 2.90. The number of hydrogen-bond donors (Lipinski definition) is 2. The van der Waals surface area contributed by atoms with Crippen molar-refractivity contribution in [3.05, 3.63) is 23.8 Å². The fourth-order valence-electron chi connectivity index (χ4n) is 2.79. The van der Waals surface area contributed by atoms with Crippen LogP contribution in [0.15, 0.2) is 18.2 Å². The number of amides is 1. The number of carbonyl (C=O) groups is 1. The molecular weight excluding hydrogens is 244 g/mol. The van der Waals surface area contributed by atoms with E-state index < -0.39 is 11.9 Å². The van der Waals surface area contributed by atoms with Crippen LogP contribution in [-0.4, -0.2) is 23.3 Å². The predicted octanol–water partition coefficient (Wildman–Crippen LogP) is 1.61. The normalized spacial score (nSPS) is 23.6. The van der Waals surface area contributed by atoms with E-state index in [0.29, 0.717) is 22.9 Å². The first kappa shape index (κ1) is 12.4. The number of benzene rings is 1. The lowest BCUT2D eigenvalue weighted by Gasteiger charge is -2.28. The molecule has 0 unspecified atom stereocenters. The molecule has 1 amide bonds. The Bertz CT molecular complexity index is 497. The number of rotatable bonds is 2. The first-order valence-electron chi connectivity index (χ1n) is 6.73. The molecule has 0 spiro atoms. The molecule has 0 saturated heterocycles. The van der Waals surface area contributed by atoms with Gasteiger partial charge < -0.3 is 10.5 Å². The Balaban J connectivity index is 1.84. The summed E-state index contributed by atoms with van der Waals surface area (Å²) in [5, 5.41) is 10.5. The second-order valence-electron chi connectivity index (χ2n) is 5.28. The Morgan fingerprint density at radius 1 is 1.32 bits per heavy atom. The summed E-state index contributed by atoms with van der Waals surface area (Å²) in [5.74, 6) is 0.235. The van der Waals surface area contributed by atoms with E-state index in [4.69, 9.17) is 10.5 Å². The molecule has 19 heavy (non-hydrogen) atoms. The molecule has 1 aliphatic heterocycles. The van der Waals surface area contributed by atoms with Crippen LogP contribution < -0.4 is 15.5 Å². The van der Waals surface area contributed by atoms with E-state index in [1.807, 2.05) is 12.1 Å². The van der Waals surface area contributed by atoms with Gasteiger partial charge in [-0.1, -0.05) is 6.07 Å². The third-order valence-corrected chi connectivity index (χ3v) is 3.86. The lowest BCUT2D eigenvalue weighted by atomic mass is 9.99. The highest BCUT2D eigenvalue weighted by molar-refractivity contribution is 5.98. The van der Waals surface area contributed by atoms with Crippen LogP contribution in [0.5, 0.6) is 5.75 Å². The Kier molecular flexibility index (Phi) is 3.16. The highest BCUT2D eigenvalue weighted by Gasteiger charge is 2.30. The Morgan fingerprint density at radius 3 is 2.79 bits per heavy atom. The molecule has 102 valence electrons. The van der Waals surface area contributed by atoms with Crippen LogP contribution in [-0.2, 0) is 11.2 Å². The Labute approximate surface area is 111 Å². The second-order valence-corrected chi connectivity index (χ2v) is 5.28. The molecule has 2 aliphatic rings. The van der Waals surface area contributed by atoms with Crippen LogP contribution in [0.1, 0.15) is 31.2 Å². The Hall–Kier alpha value is -1.59. The molecule has 1 aliphatic carbocycles. The van der Waals surface area contributed by atoms with Gasteiger partial charge in [-0.05, 0) is 43.7 Å². The van der Waals surface area contributed by atoms with Gasteiger partial charge in [0.1, 0.15) is 5.75 Å². The first-order valence-corrected chi connectivity index (χ1v) is 6.73. The molecular formula is C14H18N2O3. The zero-order valence-corrected chi connectivity index (χ0v) is 10.7. The van der Waals surface area contributed by atoms with Crippen molar-refractivity contribution in [1.82, 2.24) is 0 Å². The van der Waals surface area contributed by atoms with Gasteiger partial charge >= 0.3 is 0 Å². The average molecular weight is 262 g/mol. The lowest BCUT2D eigenvalue weighted by molar-refractivity contribution is -0.125. The second kappa shape index (κ2) is 4.83. The summed E-state index contributed by atoms with van der Waals surface area (Å²) in [6, 6.07) is 4.80. The smallest absolute Gasteiger partial charge is 0.267 e. The number of hydroxylamine groups is 1. The van der Waals surface area contributed by atoms with Crippen LogP contribution in [0.25, 0.3) is 0 Å². The zero-order valence-electron chi connectivity index (χ0n) is 10.7. The summed E-state index contributed by atoms with van der Waals surface area (Å²) in [7, 11) is 0.